The smallest absolute Gasteiger partial charge is 0.339 e. The molecule has 0 spiro atoms. The van der Waals surface area contributed by atoms with Crippen LogP contribution in [0, 0.1) is 13.8 Å². The van der Waals surface area contributed by atoms with Crippen molar-refractivity contribution in [2.75, 3.05) is 0 Å². The first-order valence-corrected chi connectivity index (χ1v) is 6.86. The molecule has 1 atom stereocenters. The van der Waals surface area contributed by atoms with Crippen LogP contribution in [0.2, 0.25) is 0 Å². The largest absolute Gasteiger partial charge is 0.478 e. The van der Waals surface area contributed by atoms with Crippen molar-refractivity contribution >= 4 is 11.9 Å². The van der Waals surface area contributed by atoms with Crippen LogP contribution < -0.4 is 5.32 Å². The lowest BCUT2D eigenvalue weighted by Gasteiger charge is -2.14. The molecule has 2 heterocycles. The number of hydrogen-bond donors (Lipinski definition) is 2. The monoisotopic (exact) mass is 305 g/mol. The molecule has 0 fully saturated rings. The number of nitrogens with zero attached hydrogens (tertiary/aromatic N) is 4. The molecule has 2 aromatic heterocycles. The minimum atomic E-state index is -1.18. The number of carboxylic acid groups (broad SMARTS) is 1. The van der Waals surface area contributed by atoms with Crippen LogP contribution in [0.5, 0.6) is 0 Å². The van der Waals surface area contributed by atoms with Crippen molar-refractivity contribution in [3.05, 3.63) is 34.9 Å². The van der Waals surface area contributed by atoms with E-state index in [0.717, 1.165) is 11.4 Å². The van der Waals surface area contributed by atoms with Gasteiger partial charge < -0.3 is 10.4 Å². The third-order valence-corrected chi connectivity index (χ3v) is 3.20. The van der Waals surface area contributed by atoms with Gasteiger partial charge in [0.25, 0.3) is 5.91 Å². The molecule has 0 aromatic carbocycles. The standard InChI is InChI=1S/C14H19N5O3/c1-8-5-10(3)19(16-8)6-9(2)15-13(20)12-11(14(21)22)7-18(4)17-12/h5,7,9H,6H2,1-4H3,(H,15,20)(H,21,22)/t9-/m1/s1. The van der Waals surface area contributed by atoms with Gasteiger partial charge in [-0.25, -0.2) is 4.79 Å². The summed E-state index contributed by atoms with van der Waals surface area (Å²) < 4.78 is 3.11. The number of aromatic nitrogens is 4. The highest BCUT2D eigenvalue weighted by molar-refractivity contribution is 6.03. The molecule has 0 radical (unpaired) electrons. The Morgan fingerprint density at radius 1 is 1.36 bits per heavy atom. The predicted molar refractivity (Wildman–Crippen MR) is 78.8 cm³/mol. The minimum absolute atomic E-state index is 0.0878. The molecule has 0 unspecified atom stereocenters. The number of amides is 1. The highest BCUT2D eigenvalue weighted by Crippen LogP contribution is 2.08. The van der Waals surface area contributed by atoms with E-state index in [4.69, 9.17) is 5.11 Å². The molecular weight excluding hydrogens is 286 g/mol. The number of nitrogens with one attached hydrogen (secondary N) is 1. The molecule has 8 heteroatoms. The molecule has 22 heavy (non-hydrogen) atoms. The molecule has 0 saturated carbocycles. The van der Waals surface area contributed by atoms with Gasteiger partial charge in [0.15, 0.2) is 5.69 Å². The van der Waals surface area contributed by atoms with Crippen LogP contribution in [-0.4, -0.2) is 42.6 Å². The second kappa shape index (κ2) is 6.00. The fourth-order valence-corrected chi connectivity index (χ4v) is 2.27. The van der Waals surface area contributed by atoms with E-state index in [-0.39, 0.29) is 17.3 Å². The van der Waals surface area contributed by atoms with E-state index in [1.807, 2.05) is 26.8 Å². The van der Waals surface area contributed by atoms with Crippen molar-refractivity contribution in [3.63, 3.8) is 0 Å². The second-order valence-electron chi connectivity index (χ2n) is 5.35. The first-order chi connectivity index (χ1) is 10.3. The van der Waals surface area contributed by atoms with Gasteiger partial charge >= 0.3 is 5.97 Å². The van der Waals surface area contributed by atoms with E-state index < -0.39 is 11.9 Å². The zero-order valence-corrected chi connectivity index (χ0v) is 13.0. The van der Waals surface area contributed by atoms with Crippen LogP contribution in [0.25, 0.3) is 0 Å². The Balaban J connectivity index is 2.08. The number of carbonyl (C=O) groups is 2. The molecular formula is C14H19N5O3. The summed E-state index contributed by atoms with van der Waals surface area (Å²) in [7, 11) is 1.57. The third kappa shape index (κ3) is 3.33. The van der Waals surface area contributed by atoms with E-state index >= 15 is 0 Å². The van der Waals surface area contributed by atoms with E-state index in [0.29, 0.717) is 6.54 Å². The van der Waals surface area contributed by atoms with Gasteiger partial charge in [-0.15, -0.1) is 0 Å². The molecule has 8 nitrogen and oxygen atoms in total. The topological polar surface area (TPSA) is 102 Å². The molecule has 1 amide bonds. The predicted octanol–water partition coefficient (Wildman–Crippen LogP) is 0.750. The first kappa shape index (κ1) is 15.7. The van der Waals surface area contributed by atoms with Crippen molar-refractivity contribution in [3.8, 4) is 0 Å². The van der Waals surface area contributed by atoms with E-state index in [9.17, 15) is 9.59 Å². The van der Waals surface area contributed by atoms with Crippen molar-refractivity contribution < 1.29 is 14.7 Å². The lowest BCUT2D eigenvalue weighted by Crippen LogP contribution is -2.37. The van der Waals surface area contributed by atoms with Crippen molar-refractivity contribution in [1.29, 1.82) is 0 Å². The fourth-order valence-electron chi connectivity index (χ4n) is 2.27. The zero-order chi connectivity index (χ0) is 16.4. The number of aromatic carboxylic acids is 1. The van der Waals surface area contributed by atoms with Crippen molar-refractivity contribution in [2.45, 2.75) is 33.4 Å². The lowest BCUT2D eigenvalue weighted by molar-refractivity contribution is 0.0690. The Bertz CT molecular complexity index is 716. The number of rotatable bonds is 5. The van der Waals surface area contributed by atoms with E-state index in [1.165, 1.54) is 10.9 Å². The zero-order valence-electron chi connectivity index (χ0n) is 13.0. The van der Waals surface area contributed by atoms with Crippen molar-refractivity contribution in [1.82, 2.24) is 24.9 Å². The summed E-state index contributed by atoms with van der Waals surface area (Å²) in [5.74, 6) is -1.68. The summed E-state index contributed by atoms with van der Waals surface area (Å²) in [5, 5.41) is 20.1. The van der Waals surface area contributed by atoms with Crippen LogP contribution in [0.3, 0.4) is 0 Å². The van der Waals surface area contributed by atoms with Gasteiger partial charge in [0.1, 0.15) is 5.56 Å². The van der Waals surface area contributed by atoms with E-state index in [2.05, 4.69) is 15.5 Å². The Labute approximate surface area is 127 Å². The van der Waals surface area contributed by atoms with Gasteiger partial charge in [-0.1, -0.05) is 0 Å². The van der Waals surface area contributed by atoms with Gasteiger partial charge in [-0.05, 0) is 26.8 Å². The van der Waals surface area contributed by atoms with Crippen LogP contribution in [-0.2, 0) is 13.6 Å². The van der Waals surface area contributed by atoms with Crippen molar-refractivity contribution in [2.24, 2.45) is 7.05 Å². The molecule has 0 aliphatic heterocycles. The maximum absolute atomic E-state index is 12.2. The summed E-state index contributed by atoms with van der Waals surface area (Å²) >= 11 is 0. The molecule has 0 aliphatic carbocycles. The first-order valence-electron chi connectivity index (χ1n) is 6.86. The third-order valence-electron chi connectivity index (χ3n) is 3.20. The summed E-state index contributed by atoms with van der Waals surface area (Å²) in [6, 6.07) is 1.74. The lowest BCUT2D eigenvalue weighted by atomic mass is 10.2. The Morgan fingerprint density at radius 2 is 2.05 bits per heavy atom. The highest BCUT2D eigenvalue weighted by atomic mass is 16.4. The maximum Gasteiger partial charge on any atom is 0.339 e. The van der Waals surface area contributed by atoms with Gasteiger partial charge in [-0.3, -0.25) is 14.2 Å². The summed E-state index contributed by atoms with van der Waals surface area (Å²) in [4.78, 5) is 23.3. The number of aryl methyl sites for hydroxylation is 3. The average Bonchev–Trinajstić information content (AvgIpc) is 2.93. The van der Waals surface area contributed by atoms with Crippen LogP contribution >= 0.6 is 0 Å². The summed E-state index contributed by atoms with van der Waals surface area (Å²) in [5.41, 5.74) is 1.71. The average molecular weight is 305 g/mol. The summed E-state index contributed by atoms with van der Waals surface area (Å²) in [6.07, 6.45) is 1.31. The second-order valence-corrected chi connectivity index (χ2v) is 5.35. The number of carboxylic acids is 1. The fraction of sp³-hybridized carbons (Fsp3) is 0.429. The highest BCUT2D eigenvalue weighted by Gasteiger charge is 2.22. The molecule has 0 saturated heterocycles. The molecule has 2 N–H and O–H groups in total. The van der Waals surface area contributed by atoms with Gasteiger partial charge in [-0.2, -0.15) is 10.2 Å². The maximum atomic E-state index is 12.2. The van der Waals surface area contributed by atoms with Crippen LogP contribution in [0.4, 0.5) is 0 Å². The molecule has 2 rings (SSSR count). The SMILES string of the molecule is Cc1cc(C)n(C[C@@H](C)NC(=O)c2nn(C)cc2C(=O)O)n1. The van der Waals surface area contributed by atoms with Gasteiger partial charge in [0.05, 0.1) is 12.2 Å². The van der Waals surface area contributed by atoms with Gasteiger partial charge in [0, 0.05) is 25.0 Å². The van der Waals surface area contributed by atoms with Crippen LogP contribution in [0.1, 0.15) is 39.2 Å². The minimum Gasteiger partial charge on any atom is -0.478 e. The van der Waals surface area contributed by atoms with Crippen LogP contribution in [0.15, 0.2) is 12.3 Å². The Kier molecular flexibility index (Phi) is 4.30. The quantitative estimate of drug-likeness (QED) is 0.848. The molecule has 118 valence electrons. The Hall–Kier alpha value is -2.64. The van der Waals surface area contributed by atoms with E-state index in [1.54, 1.807) is 11.7 Å². The number of carbonyl (C=O) groups excluding carboxylic acids is 1. The normalized spacial score (nSPS) is 12.2. The number of hydrogen-bond acceptors (Lipinski definition) is 4. The molecule has 2 aromatic rings. The molecule has 0 bridgehead atoms. The Morgan fingerprint density at radius 3 is 2.59 bits per heavy atom. The molecule has 0 aliphatic rings. The summed E-state index contributed by atoms with van der Waals surface area (Å²) in [6.45, 7) is 6.17. The van der Waals surface area contributed by atoms with Gasteiger partial charge in [0.2, 0.25) is 0 Å².